The van der Waals surface area contributed by atoms with Crippen LogP contribution in [0.3, 0.4) is 0 Å². The molecule has 6 nitrogen and oxygen atoms in total. The van der Waals surface area contributed by atoms with E-state index in [9.17, 15) is 13.2 Å². The Bertz CT molecular complexity index is 779. The Hall–Kier alpha value is -2.41. The topological polar surface area (TPSA) is 104 Å². The molecule has 1 aromatic rings. The van der Waals surface area contributed by atoms with Gasteiger partial charge in [-0.1, -0.05) is 25.1 Å². The van der Waals surface area contributed by atoms with Crippen molar-refractivity contribution >= 4 is 21.6 Å². The van der Waals surface area contributed by atoms with Gasteiger partial charge in [0.2, 0.25) is 0 Å². The van der Waals surface area contributed by atoms with Gasteiger partial charge >= 0.3 is 0 Å². The lowest BCUT2D eigenvalue weighted by atomic mass is 10.1. The summed E-state index contributed by atoms with van der Waals surface area (Å²) in [5.74, 6) is -0.443. The van der Waals surface area contributed by atoms with Gasteiger partial charge in [0.15, 0.2) is 9.84 Å². The van der Waals surface area contributed by atoms with Gasteiger partial charge in [-0.2, -0.15) is 0 Å². The van der Waals surface area contributed by atoms with Gasteiger partial charge in [-0.25, -0.2) is 8.42 Å². The van der Waals surface area contributed by atoms with E-state index in [1.807, 2.05) is 0 Å². The molecular weight excluding hydrogens is 302 g/mol. The van der Waals surface area contributed by atoms with Gasteiger partial charge in [0.1, 0.15) is 5.84 Å². The third-order valence-electron chi connectivity index (χ3n) is 3.41. The van der Waals surface area contributed by atoms with E-state index in [-0.39, 0.29) is 28.9 Å². The maximum absolute atomic E-state index is 12.1. The summed E-state index contributed by atoms with van der Waals surface area (Å²) in [7, 11) is -3.40. The van der Waals surface area contributed by atoms with Gasteiger partial charge in [-0.05, 0) is 17.7 Å². The number of amides is 1. The molecule has 1 aliphatic rings. The van der Waals surface area contributed by atoms with Gasteiger partial charge in [0.25, 0.3) is 5.91 Å². The molecule has 0 aliphatic carbocycles. The number of nitrogens with one attached hydrogen (secondary N) is 1. The molecular formula is C15H17N3O3S. The molecule has 3 N–H and O–H groups in total. The zero-order chi connectivity index (χ0) is 16.3. The monoisotopic (exact) mass is 319 g/mol. The summed E-state index contributed by atoms with van der Waals surface area (Å²) in [5.41, 5.74) is 6.32. The second-order valence-electron chi connectivity index (χ2n) is 4.74. The van der Waals surface area contributed by atoms with Crippen molar-refractivity contribution in [2.45, 2.75) is 18.4 Å². The number of nitrogens with zero attached hydrogens (tertiary/aromatic N) is 1. The molecule has 22 heavy (non-hydrogen) atoms. The van der Waals surface area contributed by atoms with Gasteiger partial charge in [-0.3, -0.25) is 15.1 Å². The van der Waals surface area contributed by atoms with Crippen molar-refractivity contribution < 1.29 is 13.2 Å². The first kappa shape index (κ1) is 16.0. The first-order chi connectivity index (χ1) is 10.4. The van der Waals surface area contributed by atoms with Crippen molar-refractivity contribution in [2.75, 3.05) is 5.75 Å². The molecule has 0 unspecified atom stereocenters. The van der Waals surface area contributed by atoms with Crippen LogP contribution in [0.4, 0.5) is 0 Å². The second kappa shape index (κ2) is 6.15. The minimum Gasteiger partial charge on any atom is -0.404 e. The van der Waals surface area contributed by atoms with E-state index in [1.54, 1.807) is 25.1 Å². The van der Waals surface area contributed by atoms with E-state index < -0.39 is 9.84 Å². The average Bonchev–Trinajstić information content (AvgIpc) is 2.52. The van der Waals surface area contributed by atoms with Crippen LogP contribution in [0.15, 0.2) is 53.1 Å². The number of amidine groups is 1. The normalized spacial score (nSPS) is 17.3. The van der Waals surface area contributed by atoms with Gasteiger partial charge < -0.3 is 5.73 Å². The van der Waals surface area contributed by atoms with Crippen molar-refractivity contribution in [3.05, 3.63) is 53.8 Å². The standard InChI is InChI=1S/C15H17N3O3S/c1-2-22(20,21)13-6-4-3-5-12(13)10-18-14(19)8-7-11(9-16)15(18)17/h3-9,17H,2,10,16H2,1H3/b11-9-,17-15?. The van der Waals surface area contributed by atoms with E-state index in [4.69, 9.17) is 11.1 Å². The first-order valence-corrected chi connectivity index (χ1v) is 8.37. The molecule has 0 spiro atoms. The summed E-state index contributed by atoms with van der Waals surface area (Å²) in [4.78, 5) is 13.4. The quantitative estimate of drug-likeness (QED) is 0.870. The van der Waals surface area contributed by atoms with Crippen molar-refractivity contribution in [3.8, 4) is 0 Å². The fraction of sp³-hybridized carbons (Fsp3) is 0.200. The lowest BCUT2D eigenvalue weighted by molar-refractivity contribution is -0.123. The maximum Gasteiger partial charge on any atom is 0.252 e. The van der Waals surface area contributed by atoms with Crippen LogP contribution in [-0.4, -0.2) is 30.8 Å². The SMILES string of the molecule is CCS(=O)(=O)c1ccccc1CN1C(=N)/C(=C\N)C=CC1=O. The van der Waals surface area contributed by atoms with E-state index >= 15 is 0 Å². The minimum atomic E-state index is -3.40. The molecule has 0 atom stereocenters. The lowest BCUT2D eigenvalue weighted by Crippen LogP contribution is -2.38. The third kappa shape index (κ3) is 2.94. The van der Waals surface area contributed by atoms with Crippen molar-refractivity contribution in [3.63, 3.8) is 0 Å². The van der Waals surface area contributed by atoms with E-state index in [2.05, 4.69) is 0 Å². The largest absolute Gasteiger partial charge is 0.404 e. The Labute approximate surface area is 129 Å². The van der Waals surface area contributed by atoms with Crippen molar-refractivity contribution in [2.24, 2.45) is 5.73 Å². The molecule has 0 radical (unpaired) electrons. The zero-order valence-electron chi connectivity index (χ0n) is 12.1. The van der Waals surface area contributed by atoms with Crippen LogP contribution in [0.1, 0.15) is 12.5 Å². The Morgan fingerprint density at radius 2 is 1.95 bits per heavy atom. The molecule has 7 heteroatoms. The van der Waals surface area contributed by atoms with Crippen LogP contribution in [-0.2, 0) is 21.2 Å². The number of carbonyl (C=O) groups is 1. The van der Waals surface area contributed by atoms with Crippen LogP contribution in [0.25, 0.3) is 0 Å². The smallest absolute Gasteiger partial charge is 0.252 e. The third-order valence-corrected chi connectivity index (χ3v) is 5.24. The van der Waals surface area contributed by atoms with Crippen LogP contribution in [0.5, 0.6) is 0 Å². The molecule has 0 saturated carbocycles. The first-order valence-electron chi connectivity index (χ1n) is 6.71. The molecule has 1 amide bonds. The highest BCUT2D eigenvalue weighted by atomic mass is 32.2. The summed E-state index contributed by atoms with van der Waals surface area (Å²) >= 11 is 0. The van der Waals surface area contributed by atoms with Crippen LogP contribution >= 0.6 is 0 Å². The van der Waals surface area contributed by atoms with Gasteiger partial charge in [-0.15, -0.1) is 0 Å². The number of hydrogen-bond donors (Lipinski definition) is 2. The summed E-state index contributed by atoms with van der Waals surface area (Å²) in [6.07, 6.45) is 4.02. The maximum atomic E-state index is 12.1. The van der Waals surface area contributed by atoms with Gasteiger partial charge in [0.05, 0.1) is 17.2 Å². The highest BCUT2D eigenvalue weighted by Crippen LogP contribution is 2.21. The highest BCUT2D eigenvalue weighted by molar-refractivity contribution is 7.91. The van der Waals surface area contributed by atoms with Crippen LogP contribution in [0, 0.1) is 5.41 Å². The fourth-order valence-corrected chi connectivity index (χ4v) is 3.28. The molecule has 0 fully saturated rings. The minimum absolute atomic E-state index is 0.00868. The number of rotatable bonds is 4. The summed E-state index contributed by atoms with van der Waals surface area (Å²) in [6.45, 7) is 1.58. The molecule has 1 heterocycles. The summed E-state index contributed by atoms with van der Waals surface area (Å²) in [6, 6.07) is 6.51. The van der Waals surface area contributed by atoms with E-state index in [1.165, 1.54) is 29.3 Å². The molecule has 2 rings (SSSR count). The molecule has 116 valence electrons. The van der Waals surface area contributed by atoms with E-state index in [0.29, 0.717) is 11.1 Å². The molecule has 0 saturated heterocycles. The Balaban J connectivity index is 2.42. The van der Waals surface area contributed by atoms with Crippen molar-refractivity contribution in [1.29, 1.82) is 5.41 Å². The van der Waals surface area contributed by atoms with Crippen LogP contribution < -0.4 is 5.73 Å². The van der Waals surface area contributed by atoms with Crippen molar-refractivity contribution in [1.82, 2.24) is 4.90 Å². The Morgan fingerprint density at radius 1 is 1.27 bits per heavy atom. The Kier molecular flexibility index (Phi) is 4.46. The Morgan fingerprint density at radius 3 is 2.59 bits per heavy atom. The number of nitrogens with two attached hydrogens (primary N) is 1. The average molecular weight is 319 g/mol. The molecule has 1 aromatic carbocycles. The second-order valence-corrected chi connectivity index (χ2v) is 6.99. The highest BCUT2D eigenvalue weighted by Gasteiger charge is 2.25. The van der Waals surface area contributed by atoms with Gasteiger partial charge in [0, 0.05) is 17.8 Å². The molecule has 0 bridgehead atoms. The predicted octanol–water partition coefficient (Wildman–Crippen LogP) is 1.20. The number of sulfone groups is 1. The lowest BCUT2D eigenvalue weighted by Gasteiger charge is -2.26. The fourth-order valence-electron chi connectivity index (χ4n) is 2.15. The van der Waals surface area contributed by atoms with E-state index in [0.717, 1.165) is 0 Å². The number of benzene rings is 1. The summed E-state index contributed by atoms with van der Waals surface area (Å²) in [5, 5.41) is 8.01. The predicted molar refractivity (Wildman–Crippen MR) is 83.9 cm³/mol. The van der Waals surface area contributed by atoms with Crippen LogP contribution in [0.2, 0.25) is 0 Å². The molecule has 0 aromatic heterocycles. The number of carbonyl (C=O) groups excluding carboxylic acids is 1. The zero-order valence-corrected chi connectivity index (χ0v) is 12.9. The number of hydrogen-bond acceptors (Lipinski definition) is 5. The summed E-state index contributed by atoms with van der Waals surface area (Å²) < 4.78 is 24.3. The molecule has 1 aliphatic heterocycles.